The highest BCUT2D eigenvalue weighted by atomic mass is 15.0. The number of aromatic nitrogens is 5. The normalized spacial score (nSPS) is 12.2. The predicted octanol–water partition coefficient (Wildman–Crippen LogP) is 9.23. The zero-order valence-electron chi connectivity index (χ0n) is 23.0. The average Bonchev–Trinajstić information content (AvgIpc) is 3.78. The van der Waals surface area contributed by atoms with Crippen molar-refractivity contribution in [2.75, 3.05) is 0 Å². The Morgan fingerprint density at radius 3 is 1.91 bits per heavy atom. The van der Waals surface area contributed by atoms with E-state index < -0.39 is 0 Å². The first kappa shape index (κ1) is 22.7. The number of pyridine rings is 2. The van der Waals surface area contributed by atoms with Gasteiger partial charge in [0.05, 0.1) is 39.2 Å². The highest BCUT2D eigenvalue weighted by Crippen LogP contribution is 2.45. The molecule has 0 N–H and O–H groups in total. The molecular formula is C38H23N5. The molecule has 0 aliphatic rings. The first-order chi connectivity index (χ1) is 21.4. The molecule has 0 aliphatic carbocycles. The van der Waals surface area contributed by atoms with Crippen LogP contribution >= 0.6 is 0 Å². The third-order valence-corrected chi connectivity index (χ3v) is 8.97. The summed E-state index contributed by atoms with van der Waals surface area (Å²) in [6.07, 6.45) is 7.74. The minimum Gasteiger partial charge on any atom is -0.309 e. The molecule has 0 aliphatic heterocycles. The fraction of sp³-hybridized carbons (Fsp3) is 0. The van der Waals surface area contributed by atoms with Gasteiger partial charge in [0, 0.05) is 56.9 Å². The lowest BCUT2D eigenvalue weighted by Crippen LogP contribution is -1.97. The second-order valence-corrected chi connectivity index (χ2v) is 11.1. The smallest absolute Gasteiger partial charge is 0.147 e. The second-order valence-electron chi connectivity index (χ2n) is 11.1. The zero-order valence-corrected chi connectivity index (χ0v) is 23.0. The quantitative estimate of drug-likeness (QED) is 0.202. The molecule has 5 heterocycles. The van der Waals surface area contributed by atoms with Gasteiger partial charge in [-0.1, -0.05) is 72.8 Å². The molecule has 0 bridgehead atoms. The van der Waals surface area contributed by atoms with E-state index in [1.165, 1.54) is 43.5 Å². The van der Waals surface area contributed by atoms with Crippen LogP contribution in [0.3, 0.4) is 0 Å². The Bertz CT molecular complexity index is 2710. The van der Waals surface area contributed by atoms with Crippen LogP contribution in [-0.2, 0) is 0 Å². The molecule has 0 saturated carbocycles. The summed E-state index contributed by atoms with van der Waals surface area (Å²) in [5, 5.41) is 8.40. The summed E-state index contributed by atoms with van der Waals surface area (Å²) < 4.78 is 7.04. The Labute approximate surface area is 245 Å². The Balaban J connectivity index is 1.53. The van der Waals surface area contributed by atoms with Crippen LogP contribution in [0.2, 0.25) is 0 Å². The van der Waals surface area contributed by atoms with Gasteiger partial charge in [0.1, 0.15) is 5.65 Å². The number of imidazole rings is 1. The van der Waals surface area contributed by atoms with E-state index in [9.17, 15) is 0 Å². The van der Waals surface area contributed by atoms with Crippen LogP contribution in [0, 0.1) is 0 Å². The Morgan fingerprint density at radius 1 is 0.442 bits per heavy atom. The zero-order chi connectivity index (χ0) is 28.1. The van der Waals surface area contributed by atoms with Crippen LogP contribution in [0.1, 0.15) is 0 Å². The molecule has 10 aromatic rings. The lowest BCUT2D eigenvalue weighted by molar-refractivity contribution is 1.18. The molecule has 200 valence electrons. The van der Waals surface area contributed by atoms with E-state index in [1.807, 2.05) is 24.8 Å². The van der Waals surface area contributed by atoms with E-state index >= 15 is 0 Å². The van der Waals surface area contributed by atoms with Crippen molar-refractivity contribution in [3.8, 4) is 11.4 Å². The lowest BCUT2D eigenvalue weighted by atomic mass is 10.0. The van der Waals surface area contributed by atoms with Gasteiger partial charge in [0.25, 0.3) is 0 Å². The van der Waals surface area contributed by atoms with Crippen molar-refractivity contribution in [2.45, 2.75) is 0 Å². The molecule has 43 heavy (non-hydrogen) atoms. The van der Waals surface area contributed by atoms with E-state index in [2.05, 4.69) is 134 Å². The van der Waals surface area contributed by atoms with Crippen LogP contribution in [-0.4, -0.2) is 23.5 Å². The van der Waals surface area contributed by atoms with E-state index in [1.54, 1.807) is 0 Å². The largest absolute Gasteiger partial charge is 0.309 e. The SMILES string of the molecule is c1ccc(-n2c3ccccc3c3ccc4c(c5ccc6c7ccncc7n7ccnc7c6c5n4-c4ccccc4)c32)cc1. The number of fused-ring (bicyclic) bond motifs is 14. The highest BCUT2D eigenvalue weighted by Gasteiger charge is 2.23. The Morgan fingerprint density at radius 2 is 1.09 bits per heavy atom. The molecule has 0 unspecified atom stereocenters. The van der Waals surface area contributed by atoms with Crippen LogP contribution in [0.4, 0.5) is 0 Å². The molecule has 5 aromatic heterocycles. The van der Waals surface area contributed by atoms with E-state index in [0.717, 1.165) is 38.8 Å². The number of benzene rings is 5. The van der Waals surface area contributed by atoms with Crippen molar-refractivity contribution in [3.05, 3.63) is 140 Å². The van der Waals surface area contributed by atoms with Gasteiger partial charge in [-0.2, -0.15) is 0 Å². The minimum absolute atomic E-state index is 0.931. The average molecular weight is 550 g/mol. The summed E-state index contributed by atoms with van der Waals surface area (Å²) in [6.45, 7) is 0. The topological polar surface area (TPSA) is 40.1 Å². The third-order valence-electron chi connectivity index (χ3n) is 8.97. The van der Waals surface area contributed by atoms with Crippen LogP contribution in [0.15, 0.2) is 140 Å². The van der Waals surface area contributed by atoms with Gasteiger partial charge in [0.15, 0.2) is 0 Å². The Hall–Kier alpha value is -5.94. The van der Waals surface area contributed by atoms with Crippen molar-refractivity contribution in [3.63, 3.8) is 0 Å². The summed E-state index contributed by atoms with van der Waals surface area (Å²) in [7, 11) is 0. The summed E-state index contributed by atoms with van der Waals surface area (Å²) in [6, 6.07) is 41.4. The maximum atomic E-state index is 4.93. The molecule has 0 amide bonds. The van der Waals surface area contributed by atoms with Gasteiger partial charge >= 0.3 is 0 Å². The van der Waals surface area contributed by atoms with E-state index in [0.29, 0.717) is 0 Å². The van der Waals surface area contributed by atoms with Gasteiger partial charge in [-0.05, 0) is 47.9 Å². The van der Waals surface area contributed by atoms with Crippen molar-refractivity contribution >= 4 is 70.9 Å². The molecular weight excluding hydrogens is 526 g/mol. The number of nitrogens with zero attached hydrogens (tertiary/aromatic N) is 5. The number of para-hydroxylation sites is 3. The maximum absolute atomic E-state index is 4.93. The molecule has 5 aromatic carbocycles. The van der Waals surface area contributed by atoms with Crippen molar-refractivity contribution in [2.24, 2.45) is 0 Å². The fourth-order valence-corrected chi connectivity index (χ4v) is 7.27. The maximum Gasteiger partial charge on any atom is 0.147 e. The van der Waals surface area contributed by atoms with Gasteiger partial charge in [-0.3, -0.25) is 9.38 Å². The van der Waals surface area contributed by atoms with Crippen LogP contribution in [0.5, 0.6) is 0 Å². The fourth-order valence-electron chi connectivity index (χ4n) is 7.27. The van der Waals surface area contributed by atoms with Crippen molar-refractivity contribution in [1.29, 1.82) is 0 Å². The third kappa shape index (κ3) is 2.90. The lowest BCUT2D eigenvalue weighted by Gasteiger charge is -2.12. The molecule has 0 atom stereocenters. The van der Waals surface area contributed by atoms with Crippen LogP contribution in [0.25, 0.3) is 82.3 Å². The molecule has 5 nitrogen and oxygen atoms in total. The number of hydrogen-bond acceptors (Lipinski definition) is 2. The van der Waals surface area contributed by atoms with E-state index in [-0.39, 0.29) is 0 Å². The van der Waals surface area contributed by atoms with Crippen molar-refractivity contribution in [1.82, 2.24) is 23.5 Å². The monoisotopic (exact) mass is 549 g/mol. The summed E-state index contributed by atoms with van der Waals surface area (Å²) in [4.78, 5) is 9.38. The summed E-state index contributed by atoms with van der Waals surface area (Å²) in [5.41, 5.74) is 9.00. The summed E-state index contributed by atoms with van der Waals surface area (Å²) >= 11 is 0. The van der Waals surface area contributed by atoms with E-state index in [4.69, 9.17) is 4.98 Å². The second kappa shape index (κ2) is 8.30. The molecule has 0 fully saturated rings. The predicted molar refractivity (Wildman–Crippen MR) is 177 cm³/mol. The summed E-state index contributed by atoms with van der Waals surface area (Å²) in [5.74, 6) is 0. The minimum atomic E-state index is 0.931. The highest BCUT2D eigenvalue weighted by molar-refractivity contribution is 6.32. The molecule has 0 radical (unpaired) electrons. The molecule has 0 spiro atoms. The van der Waals surface area contributed by atoms with Gasteiger partial charge in [-0.25, -0.2) is 4.98 Å². The molecule has 0 saturated heterocycles. The first-order valence-corrected chi connectivity index (χ1v) is 14.5. The molecule has 5 heteroatoms. The van der Waals surface area contributed by atoms with Gasteiger partial charge in [-0.15, -0.1) is 0 Å². The Kier molecular flexibility index (Phi) is 4.39. The molecule has 10 rings (SSSR count). The van der Waals surface area contributed by atoms with Crippen LogP contribution < -0.4 is 0 Å². The first-order valence-electron chi connectivity index (χ1n) is 14.5. The number of hydrogen-bond donors (Lipinski definition) is 0. The van der Waals surface area contributed by atoms with Gasteiger partial charge in [0.2, 0.25) is 0 Å². The standard InChI is InChI=1S/C38H23N5/c1-3-9-24(10-4-1)42-31-14-8-7-13-26(31)29-17-18-32-34(36(29)42)30-16-15-28-27-19-20-39-23-33(27)41-22-21-40-38(41)35(28)37(30)43(32)25-11-5-2-6-12-25/h1-23H. The number of rotatable bonds is 2. The van der Waals surface area contributed by atoms with Gasteiger partial charge < -0.3 is 9.13 Å². The van der Waals surface area contributed by atoms with Crippen molar-refractivity contribution < 1.29 is 0 Å².